The maximum atomic E-state index is 13.0. The van der Waals surface area contributed by atoms with Crippen molar-refractivity contribution in [2.24, 2.45) is 0 Å². The summed E-state index contributed by atoms with van der Waals surface area (Å²) in [6, 6.07) is 15.1. The summed E-state index contributed by atoms with van der Waals surface area (Å²) in [5.74, 6) is 0. The highest BCUT2D eigenvalue weighted by atomic mass is 35.5. The van der Waals surface area contributed by atoms with E-state index in [2.05, 4.69) is 30.5 Å². The zero-order valence-electron chi connectivity index (χ0n) is 16.5. The van der Waals surface area contributed by atoms with E-state index < -0.39 is 10.0 Å². The number of nitrogens with one attached hydrogen (secondary N) is 1. The Hall–Kier alpha value is -2.41. The van der Waals surface area contributed by atoms with Crippen LogP contribution in [0.5, 0.6) is 0 Å². The molecule has 2 aromatic carbocycles. The Kier molecular flexibility index (Phi) is 5.98. The molecule has 0 saturated heterocycles. The van der Waals surface area contributed by atoms with Crippen molar-refractivity contribution in [3.63, 3.8) is 0 Å². The third kappa shape index (κ3) is 4.78. The maximum Gasteiger partial charge on any atom is 0.261 e. The standard InChI is InChI=1S/C22H23ClN2O3S/c1-22(2,3)16-6-9-18(10-7-16)29(27,28)25-20-11-8-17(23)13-19(20)21-15(14-26)5-4-12-24-21/h4-13,25-26H,14H2,1-3H3. The summed E-state index contributed by atoms with van der Waals surface area (Å²) in [5.41, 5.74) is 2.85. The van der Waals surface area contributed by atoms with Crippen molar-refractivity contribution in [3.05, 3.63) is 76.9 Å². The van der Waals surface area contributed by atoms with Crippen LogP contribution < -0.4 is 4.72 Å². The monoisotopic (exact) mass is 430 g/mol. The number of nitrogens with zero attached hydrogens (tertiary/aromatic N) is 1. The number of aliphatic hydroxyl groups is 1. The van der Waals surface area contributed by atoms with Gasteiger partial charge in [0.2, 0.25) is 0 Å². The number of halogens is 1. The first kappa shape index (κ1) is 21.3. The minimum atomic E-state index is -3.82. The average molecular weight is 431 g/mol. The average Bonchev–Trinajstić information content (AvgIpc) is 2.68. The Balaban J connectivity index is 2.02. The van der Waals surface area contributed by atoms with E-state index in [9.17, 15) is 13.5 Å². The molecule has 3 rings (SSSR count). The lowest BCUT2D eigenvalue weighted by Crippen LogP contribution is -2.15. The van der Waals surface area contributed by atoms with Gasteiger partial charge in [-0.1, -0.05) is 50.6 Å². The number of hydrogen-bond donors (Lipinski definition) is 2. The number of aromatic nitrogens is 1. The third-order valence-corrected chi connectivity index (χ3v) is 6.19. The highest BCUT2D eigenvalue weighted by Gasteiger charge is 2.20. The van der Waals surface area contributed by atoms with Crippen LogP contribution in [0.2, 0.25) is 5.02 Å². The third-order valence-electron chi connectivity index (χ3n) is 4.57. The van der Waals surface area contributed by atoms with E-state index >= 15 is 0 Å². The molecule has 0 unspecified atom stereocenters. The smallest absolute Gasteiger partial charge is 0.261 e. The SMILES string of the molecule is CC(C)(C)c1ccc(S(=O)(=O)Nc2ccc(Cl)cc2-c2ncccc2CO)cc1. The van der Waals surface area contributed by atoms with E-state index in [-0.39, 0.29) is 16.9 Å². The largest absolute Gasteiger partial charge is 0.392 e. The Labute approximate surface area is 176 Å². The number of pyridine rings is 1. The second-order valence-corrected chi connectivity index (χ2v) is 9.86. The van der Waals surface area contributed by atoms with Crippen molar-refractivity contribution in [2.45, 2.75) is 37.7 Å². The summed E-state index contributed by atoms with van der Waals surface area (Å²) in [4.78, 5) is 4.47. The Morgan fingerprint density at radius 3 is 2.38 bits per heavy atom. The fraction of sp³-hybridized carbons (Fsp3) is 0.227. The first-order valence-electron chi connectivity index (χ1n) is 9.10. The van der Waals surface area contributed by atoms with Crippen molar-refractivity contribution in [2.75, 3.05) is 4.72 Å². The summed E-state index contributed by atoms with van der Waals surface area (Å²) in [7, 11) is -3.82. The molecule has 0 radical (unpaired) electrons. The van der Waals surface area contributed by atoms with Crippen LogP contribution in [0.15, 0.2) is 65.7 Å². The lowest BCUT2D eigenvalue weighted by Gasteiger charge is -2.19. The van der Waals surface area contributed by atoms with Crippen molar-refractivity contribution in [1.82, 2.24) is 4.98 Å². The Morgan fingerprint density at radius 2 is 1.76 bits per heavy atom. The summed E-state index contributed by atoms with van der Waals surface area (Å²) in [6.45, 7) is 5.98. The molecule has 7 heteroatoms. The summed E-state index contributed by atoms with van der Waals surface area (Å²) in [5, 5.41) is 10.1. The summed E-state index contributed by atoms with van der Waals surface area (Å²) < 4.78 is 28.6. The number of anilines is 1. The van der Waals surface area contributed by atoms with Gasteiger partial charge in [-0.05, 0) is 47.4 Å². The molecular weight excluding hydrogens is 408 g/mol. The van der Waals surface area contributed by atoms with Crippen LogP contribution in [0.1, 0.15) is 31.9 Å². The zero-order valence-corrected chi connectivity index (χ0v) is 18.1. The highest BCUT2D eigenvalue weighted by Crippen LogP contribution is 2.33. The lowest BCUT2D eigenvalue weighted by molar-refractivity contribution is 0.282. The molecule has 0 aliphatic rings. The second kappa shape index (κ2) is 8.14. The van der Waals surface area contributed by atoms with Crippen LogP contribution in [0.3, 0.4) is 0 Å². The molecule has 0 aliphatic carbocycles. The molecule has 2 N–H and O–H groups in total. The minimum absolute atomic E-state index is 0.0707. The van der Waals surface area contributed by atoms with Crippen molar-refractivity contribution < 1.29 is 13.5 Å². The quantitative estimate of drug-likeness (QED) is 0.597. The summed E-state index contributed by atoms with van der Waals surface area (Å²) in [6.07, 6.45) is 1.58. The molecule has 1 heterocycles. The van der Waals surface area contributed by atoms with Crippen LogP contribution in [0.4, 0.5) is 5.69 Å². The normalized spacial score (nSPS) is 12.0. The first-order valence-corrected chi connectivity index (χ1v) is 11.0. The van der Waals surface area contributed by atoms with Gasteiger partial charge in [-0.3, -0.25) is 9.71 Å². The van der Waals surface area contributed by atoms with E-state index in [4.69, 9.17) is 11.6 Å². The molecule has 3 aromatic rings. The van der Waals surface area contributed by atoms with Crippen molar-refractivity contribution in [3.8, 4) is 11.3 Å². The fourth-order valence-corrected chi connectivity index (χ4v) is 4.20. The first-order chi connectivity index (χ1) is 13.6. The topological polar surface area (TPSA) is 79.3 Å². The maximum absolute atomic E-state index is 13.0. The number of sulfonamides is 1. The van der Waals surface area contributed by atoms with Gasteiger partial charge in [0.05, 0.1) is 22.9 Å². The van der Waals surface area contributed by atoms with Crippen LogP contribution in [-0.2, 0) is 22.0 Å². The minimum Gasteiger partial charge on any atom is -0.392 e. The van der Waals surface area contributed by atoms with Gasteiger partial charge in [0, 0.05) is 22.3 Å². The molecule has 0 bridgehead atoms. The molecule has 29 heavy (non-hydrogen) atoms. The molecule has 0 aliphatic heterocycles. The van der Waals surface area contributed by atoms with Crippen LogP contribution in [0, 0.1) is 0 Å². The second-order valence-electron chi connectivity index (χ2n) is 7.74. The number of rotatable bonds is 5. The van der Waals surface area contributed by atoms with Gasteiger partial charge in [-0.25, -0.2) is 8.42 Å². The van der Waals surface area contributed by atoms with Gasteiger partial charge in [0.15, 0.2) is 0 Å². The van der Waals surface area contributed by atoms with E-state index in [0.29, 0.717) is 27.5 Å². The Bertz CT molecular complexity index is 1120. The molecule has 0 spiro atoms. The van der Waals surface area contributed by atoms with Gasteiger partial charge < -0.3 is 5.11 Å². The lowest BCUT2D eigenvalue weighted by atomic mass is 9.87. The van der Waals surface area contributed by atoms with Gasteiger partial charge in [-0.15, -0.1) is 0 Å². The van der Waals surface area contributed by atoms with Gasteiger partial charge in [0.25, 0.3) is 10.0 Å². The zero-order chi connectivity index (χ0) is 21.2. The van der Waals surface area contributed by atoms with E-state index in [1.165, 1.54) is 0 Å². The summed E-state index contributed by atoms with van der Waals surface area (Å²) >= 11 is 6.14. The molecule has 0 atom stereocenters. The molecular formula is C22H23ClN2O3S. The van der Waals surface area contributed by atoms with Crippen LogP contribution >= 0.6 is 11.6 Å². The number of aliphatic hydroxyl groups excluding tert-OH is 1. The fourth-order valence-electron chi connectivity index (χ4n) is 2.95. The van der Waals surface area contributed by atoms with Crippen LogP contribution in [0.25, 0.3) is 11.3 Å². The number of hydrogen-bond acceptors (Lipinski definition) is 4. The van der Waals surface area contributed by atoms with Gasteiger partial charge in [0.1, 0.15) is 0 Å². The van der Waals surface area contributed by atoms with E-state index in [1.54, 1.807) is 48.7 Å². The van der Waals surface area contributed by atoms with E-state index in [1.807, 2.05) is 12.1 Å². The highest BCUT2D eigenvalue weighted by molar-refractivity contribution is 7.92. The molecule has 5 nitrogen and oxygen atoms in total. The number of benzene rings is 2. The molecule has 152 valence electrons. The molecule has 0 fully saturated rings. The van der Waals surface area contributed by atoms with Crippen molar-refractivity contribution in [1.29, 1.82) is 0 Å². The Morgan fingerprint density at radius 1 is 1.07 bits per heavy atom. The molecule has 0 saturated carbocycles. The van der Waals surface area contributed by atoms with E-state index in [0.717, 1.165) is 5.56 Å². The predicted octanol–water partition coefficient (Wildman–Crippen LogP) is 4.99. The predicted molar refractivity (Wildman–Crippen MR) is 117 cm³/mol. The molecule has 1 aromatic heterocycles. The van der Waals surface area contributed by atoms with Crippen LogP contribution in [-0.4, -0.2) is 18.5 Å². The molecule has 0 amide bonds. The van der Waals surface area contributed by atoms with Gasteiger partial charge >= 0.3 is 0 Å². The van der Waals surface area contributed by atoms with Gasteiger partial charge in [-0.2, -0.15) is 0 Å². The van der Waals surface area contributed by atoms with Crippen molar-refractivity contribution >= 4 is 27.3 Å².